The smallest absolute Gasteiger partial charge is 0.231 e. The van der Waals surface area contributed by atoms with Crippen LogP contribution in [0.2, 0.25) is 0 Å². The summed E-state index contributed by atoms with van der Waals surface area (Å²) in [4.78, 5) is 28.9. The Morgan fingerprint density at radius 2 is 1.07 bits per heavy atom. The Morgan fingerprint density at radius 1 is 0.633 bits per heavy atom. The Labute approximate surface area is 354 Å². The zero-order valence-corrected chi connectivity index (χ0v) is 36.0. The molecule has 2 fully saturated rings. The monoisotopic (exact) mass is 812 g/mol. The third-order valence-electron chi connectivity index (χ3n) is 14.1. The van der Waals surface area contributed by atoms with Crippen molar-refractivity contribution in [2.45, 2.75) is 102 Å². The number of rotatable bonds is 13. The van der Waals surface area contributed by atoms with Crippen LogP contribution in [-0.4, -0.2) is 69.3 Å². The molecular weight excluding hydrogens is 753 g/mol. The molecule has 0 spiro atoms. The third-order valence-corrected chi connectivity index (χ3v) is 14.1. The van der Waals surface area contributed by atoms with Gasteiger partial charge in [-0.15, -0.1) is 0 Å². The Bertz CT molecular complexity index is 2330. The number of ketones is 2. The lowest BCUT2D eigenvalue weighted by atomic mass is 9.82. The van der Waals surface area contributed by atoms with Gasteiger partial charge in [0.25, 0.3) is 0 Å². The van der Waals surface area contributed by atoms with Gasteiger partial charge in [0.2, 0.25) is 13.6 Å². The summed E-state index contributed by atoms with van der Waals surface area (Å²) in [7, 11) is 4.25. The molecule has 2 saturated carbocycles. The molecule has 6 aliphatic rings. The highest BCUT2D eigenvalue weighted by atomic mass is 16.7. The molecular formula is C50H60N4O6. The molecule has 0 aromatic heterocycles. The van der Waals surface area contributed by atoms with E-state index in [9.17, 15) is 9.59 Å². The van der Waals surface area contributed by atoms with Crippen molar-refractivity contribution in [3.8, 4) is 23.0 Å². The van der Waals surface area contributed by atoms with E-state index in [1.54, 1.807) is 0 Å². The average Bonchev–Trinajstić information content (AvgIpc) is 3.91. The first-order chi connectivity index (χ1) is 28.7. The van der Waals surface area contributed by atoms with Crippen molar-refractivity contribution in [2.24, 2.45) is 16.6 Å². The van der Waals surface area contributed by atoms with Crippen LogP contribution >= 0.6 is 0 Å². The van der Waals surface area contributed by atoms with Crippen molar-refractivity contribution in [1.29, 1.82) is 0 Å². The maximum absolute atomic E-state index is 13.3. The normalized spacial score (nSPS) is 20.7. The van der Waals surface area contributed by atoms with Crippen LogP contribution in [0.3, 0.4) is 0 Å². The fourth-order valence-corrected chi connectivity index (χ4v) is 9.87. The minimum atomic E-state index is -0.359. The Balaban J connectivity index is 0.000000154. The van der Waals surface area contributed by atoms with Crippen LogP contribution in [0.25, 0.3) is 0 Å². The lowest BCUT2D eigenvalue weighted by molar-refractivity contribution is -0.121. The SMILES string of the molecule is CC(C)(CN)C1Cc2cc(CC(=O)C3(c4ccc5c(c4)OCO5)CC3)ccc2N1.CN(C)CC(C)(C)C1Cc2cc(CC(=O)C3(c4ccc5c(c4)OCO5)CC3)ccc2N1. The van der Waals surface area contributed by atoms with Gasteiger partial charge in [-0.3, -0.25) is 9.59 Å². The van der Waals surface area contributed by atoms with Crippen LogP contribution in [0.15, 0.2) is 72.8 Å². The summed E-state index contributed by atoms with van der Waals surface area (Å²) in [5.41, 5.74) is 14.8. The first-order valence-electron chi connectivity index (χ1n) is 21.7. The molecule has 0 amide bonds. The minimum Gasteiger partial charge on any atom is -0.454 e. The van der Waals surface area contributed by atoms with Crippen LogP contribution in [0.4, 0.5) is 11.4 Å². The summed E-state index contributed by atoms with van der Waals surface area (Å²) < 4.78 is 21.9. The molecule has 4 aromatic rings. The van der Waals surface area contributed by atoms with Crippen molar-refractivity contribution >= 4 is 22.9 Å². The number of benzene rings is 4. The number of carbonyl (C=O) groups excluding carboxylic acids is 2. The first kappa shape index (κ1) is 40.4. The third kappa shape index (κ3) is 7.62. The lowest BCUT2D eigenvalue weighted by Crippen LogP contribution is -2.42. The number of Topliss-reactive ketones (excluding diaryl/α,β-unsaturated/α-hetero) is 2. The summed E-state index contributed by atoms with van der Waals surface area (Å²) in [6.45, 7) is 11.2. The quantitative estimate of drug-likeness (QED) is 0.123. The molecule has 4 heterocycles. The van der Waals surface area contributed by atoms with Crippen LogP contribution < -0.4 is 35.3 Å². The van der Waals surface area contributed by atoms with Gasteiger partial charge in [-0.2, -0.15) is 0 Å². The van der Waals surface area contributed by atoms with E-state index in [0.29, 0.717) is 43.0 Å². The highest BCUT2D eigenvalue weighted by Gasteiger charge is 2.52. The summed E-state index contributed by atoms with van der Waals surface area (Å²) in [6, 6.07) is 25.5. The summed E-state index contributed by atoms with van der Waals surface area (Å²) >= 11 is 0. The van der Waals surface area contributed by atoms with Crippen molar-refractivity contribution in [3.63, 3.8) is 0 Å². The second-order valence-electron chi connectivity index (χ2n) is 19.7. The predicted molar refractivity (Wildman–Crippen MR) is 235 cm³/mol. The van der Waals surface area contributed by atoms with Gasteiger partial charge in [0.05, 0.1) is 10.8 Å². The fraction of sp³-hybridized carbons (Fsp3) is 0.480. The second kappa shape index (κ2) is 15.1. The number of hydrogen-bond donors (Lipinski definition) is 3. The minimum absolute atomic E-state index is 0.0342. The lowest BCUT2D eigenvalue weighted by Gasteiger charge is -2.34. The topological polar surface area (TPSA) is 124 Å². The highest BCUT2D eigenvalue weighted by Crippen LogP contribution is 2.53. The molecule has 10 nitrogen and oxygen atoms in total. The maximum atomic E-state index is 13.3. The van der Waals surface area contributed by atoms with E-state index in [-0.39, 0.29) is 35.2 Å². The zero-order valence-electron chi connectivity index (χ0n) is 36.0. The standard InChI is InChI=1S/C26H32N2O3.C24H28N2O3/c1-25(2,15-28(3)4)23-13-18-11-17(5-7-20(18)27-23)12-24(29)26(9-10-26)19-6-8-21-22(14-19)31-16-30-21;1-23(2,13-25)21-11-16-9-15(3-5-18(16)26-21)10-22(27)24(7-8-24)17-4-6-19-20(12-17)29-14-28-19/h5-8,11,14,23,27H,9-10,12-13,15-16H2,1-4H3;3-6,9,12,21,26H,7-8,10-11,13-14,25H2,1-2H3. The number of fused-ring (bicyclic) bond motifs is 4. The number of nitrogens with zero attached hydrogens (tertiary/aromatic N) is 1. The molecule has 0 saturated heterocycles. The highest BCUT2D eigenvalue weighted by molar-refractivity contribution is 5.95. The zero-order chi connectivity index (χ0) is 42.0. The molecule has 10 heteroatoms. The molecule has 4 aliphatic heterocycles. The van der Waals surface area contributed by atoms with E-state index in [1.807, 2.05) is 36.4 Å². The first-order valence-corrected chi connectivity index (χ1v) is 21.7. The van der Waals surface area contributed by atoms with Crippen LogP contribution in [0, 0.1) is 10.8 Å². The van der Waals surface area contributed by atoms with Crippen molar-refractivity contribution in [2.75, 3.05) is 51.4 Å². The van der Waals surface area contributed by atoms with Crippen molar-refractivity contribution < 1.29 is 28.5 Å². The number of nitrogens with two attached hydrogens (primary N) is 1. The Morgan fingerprint density at radius 3 is 1.48 bits per heavy atom. The number of hydrogen-bond acceptors (Lipinski definition) is 10. The number of carbonyl (C=O) groups is 2. The summed E-state index contributed by atoms with van der Waals surface area (Å²) in [6.07, 6.45) is 6.55. The van der Waals surface area contributed by atoms with E-state index >= 15 is 0 Å². The Kier molecular flexibility index (Phi) is 10.2. The maximum Gasteiger partial charge on any atom is 0.231 e. The molecule has 60 heavy (non-hydrogen) atoms. The number of ether oxygens (including phenoxy) is 4. The van der Waals surface area contributed by atoms with E-state index in [4.69, 9.17) is 24.7 Å². The van der Waals surface area contributed by atoms with E-state index < -0.39 is 0 Å². The van der Waals surface area contributed by atoms with Crippen LogP contribution in [0.5, 0.6) is 23.0 Å². The summed E-state index contributed by atoms with van der Waals surface area (Å²) in [5.74, 6) is 3.64. The summed E-state index contributed by atoms with van der Waals surface area (Å²) in [5, 5.41) is 7.32. The molecule has 4 N–H and O–H groups in total. The van der Waals surface area contributed by atoms with Gasteiger partial charge in [-0.25, -0.2) is 0 Å². The molecule has 2 aliphatic carbocycles. The van der Waals surface area contributed by atoms with Crippen molar-refractivity contribution in [1.82, 2.24) is 4.90 Å². The Hall–Kier alpha value is -5.06. The van der Waals surface area contributed by atoms with E-state index in [0.717, 1.165) is 90.3 Å². The van der Waals surface area contributed by atoms with Crippen LogP contribution in [0.1, 0.15) is 86.8 Å². The molecule has 316 valence electrons. The largest absolute Gasteiger partial charge is 0.454 e. The number of nitrogens with one attached hydrogen (secondary N) is 2. The van der Waals surface area contributed by atoms with E-state index in [2.05, 4.69) is 93.7 Å². The van der Waals surface area contributed by atoms with E-state index in [1.165, 1.54) is 22.5 Å². The van der Waals surface area contributed by atoms with Gasteiger partial charge in [0.15, 0.2) is 23.0 Å². The van der Waals surface area contributed by atoms with Gasteiger partial charge in [0, 0.05) is 42.8 Å². The molecule has 2 unspecified atom stereocenters. The van der Waals surface area contributed by atoms with Gasteiger partial charge < -0.3 is 40.2 Å². The predicted octanol–water partition coefficient (Wildman–Crippen LogP) is 7.76. The number of anilines is 2. The van der Waals surface area contributed by atoms with Gasteiger partial charge in [0.1, 0.15) is 11.6 Å². The molecule has 0 bridgehead atoms. The molecule has 0 radical (unpaired) electrons. The van der Waals surface area contributed by atoms with Gasteiger partial charge >= 0.3 is 0 Å². The fourth-order valence-electron chi connectivity index (χ4n) is 9.87. The molecule has 10 rings (SSSR count). The average molecular weight is 813 g/mol. The van der Waals surface area contributed by atoms with Gasteiger partial charge in [-0.1, -0.05) is 64.1 Å². The van der Waals surface area contributed by atoms with Crippen molar-refractivity contribution in [3.05, 3.63) is 106 Å². The molecule has 2 atom stereocenters. The van der Waals surface area contributed by atoms with Crippen LogP contribution in [-0.2, 0) is 46.1 Å². The second-order valence-corrected chi connectivity index (χ2v) is 19.7. The van der Waals surface area contributed by atoms with Gasteiger partial charge in [-0.05, 0) is 140 Å². The molecule has 4 aromatic carbocycles.